The second kappa shape index (κ2) is 5.70. The first-order valence-electron chi connectivity index (χ1n) is 5.12. The van der Waals surface area contributed by atoms with Crippen molar-refractivity contribution >= 4 is 11.8 Å². The minimum absolute atomic E-state index is 0.255. The van der Waals surface area contributed by atoms with E-state index in [4.69, 9.17) is 0 Å². The number of allylic oxidation sites excluding steroid dienone is 1. The number of thioether (sulfide) groups is 1. The highest BCUT2D eigenvalue weighted by Gasteiger charge is 2.07. The third kappa shape index (κ3) is 3.10. The predicted molar refractivity (Wildman–Crippen MR) is 67.1 cm³/mol. The van der Waals surface area contributed by atoms with Gasteiger partial charge in [-0.1, -0.05) is 30.8 Å². The fraction of sp³-hybridized carbons (Fsp3) is 0.333. The Morgan fingerprint density at radius 3 is 2.75 bits per heavy atom. The lowest BCUT2D eigenvalue weighted by molar-refractivity contribution is -0.427. The maximum absolute atomic E-state index is 10.6. The largest absolute Gasteiger partial charge is 0.259 e. The van der Waals surface area contributed by atoms with Crippen LogP contribution in [0.2, 0.25) is 0 Å². The molecule has 0 aliphatic carbocycles. The zero-order chi connectivity index (χ0) is 12.1. The van der Waals surface area contributed by atoms with Gasteiger partial charge in [0.15, 0.2) is 0 Å². The quantitative estimate of drug-likeness (QED) is 0.453. The SMILES string of the molecule is CCC(=CSc1cccc(C)c1C)[N+](=O)[O-]. The molecule has 0 aliphatic heterocycles. The average Bonchev–Trinajstić information content (AvgIpc) is 2.24. The molecule has 0 aliphatic rings. The normalized spacial score (nSPS) is 11.6. The number of aryl methyl sites for hydroxylation is 1. The van der Waals surface area contributed by atoms with E-state index in [9.17, 15) is 10.1 Å². The van der Waals surface area contributed by atoms with E-state index >= 15 is 0 Å². The van der Waals surface area contributed by atoms with E-state index in [1.165, 1.54) is 22.9 Å². The number of nitro groups is 1. The van der Waals surface area contributed by atoms with Crippen LogP contribution in [0.3, 0.4) is 0 Å². The minimum Gasteiger partial charge on any atom is -0.259 e. The molecule has 0 bridgehead atoms. The lowest BCUT2D eigenvalue weighted by Crippen LogP contribution is -1.95. The Balaban J connectivity index is 2.89. The van der Waals surface area contributed by atoms with Gasteiger partial charge in [-0.3, -0.25) is 10.1 Å². The van der Waals surface area contributed by atoms with Crippen LogP contribution in [0.5, 0.6) is 0 Å². The third-order valence-corrected chi connectivity index (χ3v) is 3.56. The van der Waals surface area contributed by atoms with Crippen LogP contribution in [0.15, 0.2) is 34.2 Å². The lowest BCUT2D eigenvalue weighted by atomic mass is 10.1. The van der Waals surface area contributed by atoms with Crippen molar-refractivity contribution in [1.29, 1.82) is 0 Å². The van der Waals surface area contributed by atoms with E-state index in [0.717, 1.165) is 4.90 Å². The third-order valence-electron chi connectivity index (χ3n) is 2.47. The highest BCUT2D eigenvalue weighted by Crippen LogP contribution is 2.26. The van der Waals surface area contributed by atoms with Gasteiger partial charge >= 0.3 is 0 Å². The van der Waals surface area contributed by atoms with Crippen molar-refractivity contribution in [1.82, 2.24) is 0 Å². The van der Waals surface area contributed by atoms with Crippen molar-refractivity contribution in [2.75, 3.05) is 0 Å². The fourth-order valence-electron chi connectivity index (χ4n) is 1.24. The summed E-state index contributed by atoms with van der Waals surface area (Å²) in [6.45, 7) is 5.86. The number of rotatable bonds is 4. The molecule has 86 valence electrons. The number of benzene rings is 1. The van der Waals surface area contributed by atoms with Gasteiger partial charge in [0.25, 0.3) is 5.70 Å². The molecule has 0 atom stereocenters. The molecule has 0 amide bonds. The molecule has 0 saturated carbocycles. The smallest absolute Gasteiger partial charge is 0.252 e. The molecule has 0 aromatic heterocycles. The molecular weight excluding hydrogens is 222 g/mol. The highest BCUT2D eigenvalue weighted by molar-refractivity contribution is 8.02. The molecule has 0 spiro atoms. The molecule has 0 N–H and O–H groups in total. The molecule has 0 unspecified atom stereocenters. The van der Waals surface area contributed by atoms with Gasteiger partial charge in [-0.25, -0.2) is 0 Å². The van der Waals surface area contributed by atoms with Crippen LogP contribution in [0.25, 0.3) is 0 Å². The van der Waals surface area contributed by atoms with Crippen LogP contribution >= 0.6 is 11.8 Å². The molecule has 4 heteroatoms. The lowest BCUT2D eigenvalue weighted by Gasteiger charge is -2.04. The van der Waals surface area contributed by atoms with Gasteiger partial charge < -0.3 is 0 Å². The van der Waals surface area contributed by atoms with Gasteiger partial charge in [-0.05, 0) is 31.0 Å². The van der Waals surface area contributed by atoms with Gasteiger partial charge in [0.1, 0.15) is 0 Å². The first kappa shape index (κ1) is 12.8. The predicted octanol–water partition coefficient (Wildman–Crippen LogP) is 3.92. The summed E-state index contributed by atoms with van der Waals surface area (Å²) in [5.74, 6) is 0. The Hall–Kier alpha value is -1.29. The number of hydrogen-bond donors (Lipinski definition) is 0. The average molecular weight is 237 g/mol. The Morgan fingerprint density at radius 2 is 2.19 bits per heavy atom. The molecule has 1 aromatic rings. The van der Waals surface area contributed by atoms with Crippen molar-refractivity contribution in [3.63, 3.8) is 0 Å². The number of hydrogen-bond acceptors (Lipinski definition) is 3. The number of nitrogens with zero attached hydrogens (tertiary/aromatic N) is 1. The molecule has 3 nitrogen and oxygen atoms in total. The Bertz CT molecular complexity index is 427. The van der Waals surface area contributed by atoms with Crippen LogP contribution < -0.4 is 0 Å². The van der Waals surface area contributed by atoms with Crippen LogP contribution in [-0.4, -0.2) is 4.92 Å². The fourth-order valence-corrected chi connectivity index (χ4v) is 2.25. The first-order chi connectivity index (χ1) is 7.56. The second-order valence-electron chi connectivity index (χ2n) is 3.54. The van der Waals surface area contributed by atoms with Crippen molar-refractivity contribution < 1.29 is 4.92 Å². The second-order valence-corrected chi connectivity index (χ2v) is 4.45. The summed E-state index contributed by atoms with van der Waals surface area (Å²) in [4.78, 5) is 11.4. The van der Waals surface area contributed by atoms with Crippen LogP contribution in [0, 0.1) is 24.0 Å². The van der Waals surface area contributed by atoms with Gasteiger partial charge in [0, 0.05) is 16.7 Å². The molecule has 0 heterocycles. The van der Waals surface area contributed by atoms with E-state index in [0.29, 0.717) is 6.42 Å². The van der Waals surface area contributed by atoms with Crippen LogP contribution in [0.1, 0.15) is 24.5 Å². The molecule has 1 aromatic carbocycles. The first-order valence-corrected chi connectivity index (χ1v) is 6.00. The van der Waals surface area contributed by atoms with Gasteiger partial charge in [0.05, 0.1) is 4.92 Å². The van der Waals surface area contributed by atoms with E-state index < -0.39 is 0 Å². The molecule has 0 fully saturated rings. The summed E-state index contributed by atoms with van der Waals surface area (Å²) in [5.41, 5.74) is 2.64. The zero-order valence-electron chi connectivity index (χ0n) is 9.69. The Kier molecular flexibility index (Phi) is 4.55. The van der Waals surface area contributed by atoms with E-state index in [2.05, 4.69) is 0 Å². The van der Waals surface area contributed by atoms with Gasteiger partial charge in [-0.2, -0.15) is 0 Å². The molecule has 0 radical (unpaired) electrons. The summed E-state index contributed by atoms with van der Waals surface area (Å²) in [6, 6.07) is 5.99. The van der Waals surface area contributed by atoms with E-state index in [1.807, 2.05) is 32.0 Å². The van der Waals surface area contributed by atoms with Crippen molar-refractivity contribution in [2.45, 2.75) is 32.1 Å². The van der Waals surface area contributed by atoms with Gasteiger partial charge in [-0.15, -0.1) is 0 Å². The van der Waals surface area contributed by atoms with Crippen molar-refractivity contribution in [3.8, 4) is 0 Å². The zero-order valence-corrected chi connectivity index (χ0v) is 10.5. The summed E-state index contributed by atoms with van der Waals surface area (Å²) in [5, 5.41) is 12.3. The van der Waals surface area contributed by atoms with Crippen molar-refractivity contribution in [2.24, 2.45) is 0 Å². The maximum Gasteiger partial charge on any atom is 0.252 e. The molecule has 16 heavy (non-hydrogen) atoms. The van der Waals surface area contributed by atoms with Crippen molar-refractivity contribution in [3.05, 3.63) is 50.5 Å². The van der Waals surface area contributed by atoms with Crippen LogP contribution in [-0.2, 0) is 0 Å². The highest BCUT2D eigenvalue weighted by atomic mass is 32.2. The maximum atomic E-state index is 10.6. The Morgan fingerprint density at radius 1 is 1.50 bits per heavy atom. The standard InChI is InChI=1S/C12H15NO2S/c1-4-11(13(14)15)8-16-12-7-5-6-9(2)10(12)3/h5-8H,4H2,1-3H3. The molecule has 0 saturated heterocycles. The summed E-state index contributed by atoms with van der Waals surface area (Å²) < 4.78 is 0. The summed E-state index contributed by atoms with van der Waals surface area (Å²) in [7, 11) is 0. The summed E-state index contributed by atoms with van der Waals surface area (Å²) >= 11 is 1.42. The van der Waals surface area contributed by atoms with E-state index in [1.54, 1.807) is 12.3 Å². The Labute approximate surface area is 99.7 Å². The van der Waals surface area contributed by atoms with E-state index in [-0.39, 0.29) is 10.6 Å². The van der Waals surface area contributed by atoms with Gasteiger partial charge in [0.2, 0.25) is 0 Å². The van der Waals surface area contributed by atoms with Crippen LogP contribution in [0.4, 0.5) is 0 Å². The molecule has 1 rings (SSSR count). The molecular formula is C12H15NO2S. The monoisotopic (exact) mass is 237 g/mol. The topological polar surface area (TPSA) is 43.1 Å². The summed E-state index contributed by atoms with van der Waals surface area (Å²) in [6.07, 6.45) is 0.449. The minimum atomic E-state index is -0.321.